The van der Waals surface area contributed by atoms with Gasteiger partial charge in [-0.3, -0.25) is 4.21 Å². The predicted octanol–water partition coefficient (Wildman–Crippen LogP) is 6.63. The Morgan fingerprint density at radius 3 is 1.10 bits per heavy atom. The van der Waals surface area contributed by atoms with E-state index in [1.165, 1.54) is 96.3 Å². The Bertz CT molecular complexity index is 216. The van der Waals surface area contributed by atoms with Crippen molar-refractivity contribution in [3.05, 3.63) is 0 Å². The van der Waals surface area contributed by atoms with Crippen molar-refractivity contribution < 1.29 is 4.21 Å². The molecule has 0 bridgehead atoms. The van der Waals surface area contributed by atoms with E-state index in [4.69, 9.17) is 0 Å². The Hall–Kier alpha value is 0.150. The zero-order chi connectivity index (χ0) is 15.6. The van der Waals surface area contributed by atoms with E-state index in [-0.39, 0.29) is 0 Å². The Kier molecular flexibility index (Phi) is 18.3. The van der Waals surface area contributed by atoms with Gasteiger partial charge < -0.3 is 0 Å². The van der Waals surface area contributed by atoms with Crippen molar-refractivity contribution in [2.45, 2.75) is 110 Å². The van der Waals surface area contributed by atoms with Crippen LogP contribution in [0.4, 0.5) is 0 Å². The first kappa shape index (κ1) is 21.1. The smallest absolute Gasteiger partial charge is 0.0232 e. The molecule has 0 aromatic carbocycles. The molecule has 1 nitrogen and oxygen atoms in total. The lowest BCUT2D eigenvalue weighted by Crippen LogP contribution is -1.93. The van der Waals surface area contributed by atoms with Gasteiger partial charge in [0, 0.05) is 22.8 Å². The summed E-state index contributed by atoms with van der Waals surface area (Å²) < 4.78 is 10.9. The van der Waals surface area contributed by atoms with E-state index < -0.39 is 10.8 Å². The minimum Gasteiger partial charge on any atom is -0.260 e. The third kappa shape index (κ3) is 20.1. The molecule has 0 aromatic rings. The maximum Gasteiger partial charge on any atom is 0.0232 e. The Morgan fingerprint density at radius 2 is 0.810 bits per heavy atom. The van der Waals surface area contributed by atoms with Crippen molar-refractivity contribution in [1.82, 2.24) is 0 Å². The molecule has 0 amide bonds. The van der Waals surface area contributed by atoms with Gasteiger partial charge in [-0.05, 0) is 6.42 Å². The van der Waals surface area contributed by atoms with Crippen LogP contribution < -0.4 is 0 Å². The summed E-state index contributed by atoms with van der Waals surface area (Å²) in [4.78, 5) is 0. The van der Waals surface area contributed by atoms with Crippen molar-refractivity contribution in [2.24, 2.45) is 0 Å². The summed E-state index contributed by atoms with van der Waals surface area (Å²) in [5.74, 6) is 0.901. The molecule has 0 radical (unpaired) electrons. The molecule has 21 heavy (non-hydrogen) atoms. The van der Waals surface area contributed by atoms with Gasteiger partial charge >= 0.3 is 0 Å². The van der Waals surface area contributed by atoms with E-state index in [0.29, 0.717) is 0 Å². The molecule has 1 atom stereocenters. The van der Waals surface area contributed by atoms with Gasteiger partial charge in [-0.25, -0.2) is 0 Å². The third-order valence-corrected chi connectivity index (χ3v) is 5.15. The lowest BCUT2D eigenvalue weighted by molar-refractivity contribution is 0.531. The van der Waals surface area contributed by atoms with Crippen LogP contribution in [0.1, 0.15) is 110 Å². The monoisotopic (exact) mass is 316 g/mol. The predicted molar refractivity (Wildman–Crippen MR) is 98.5 cm³/mol. The first-order valence-electron chi connectivity index (χ1n) is 9.57. The summed E-state index contributed by atoms with van der Waals surface area (Å²) in [7, 11) is -0.583. The van der Waals surface area contributed by atoms with Gasteiger partial charge in [-0.15, -0.1) is 0 Å². The largest absolute Gasteiger partial charge is 0.260 e. The van der Waals surface area contributed by atoms with Crippen LogP contribution in [0.2, 0.25) is 0 Å². The van der Waals surface area contributed by atoms with Crippen LogP contribution in [0.3, 0.4) is 0 Å². The number of unbranched alkanes of at least 4 members (excludes halogenated alkanes) is 15. The quantitative estimate of drug-likeness (QED) is 0.275. The highest BCUT2D eigenvalue weighted by molar-refractivity contribution is 7.84. The molecule has 0 rings (SSSR count). The Labute approximate surface area is 137 Å². The van der Waals surface area contributed by atoms with Crippen LogP contribution in [0.25, 0.3) is 0 Å². The lowest BCUT2D eigenvalue weighted by Gasteiger charge is -2.03. The Morgan fingerprint density at radius 1 is 0.524 bits per heavy atom. The van der Waals surface area contributed by atoms with E-state index in [1.807, 2.05) is 6.26 Å². The van der Waals surface area contributed by atoms with Crippen LogP contribution in [-0.4, -0.2) is 16.2 Å². The molecule has 128 valence electrons. The minimum atomic E-state index is -0.583. The molecule has 0 heterocycles. The molecule has 0 aliphatic heterocycles. The fourth-order valence-corrected chi connectivity index (χ4v) is 3.46. The SMILES string of the molecule is CCCCCCCCCCCCCCCCCC[S@@](C)=O. The third-order valence-electron chi connectivity index (χ3n) is 4.29. The molecule has 0 aliphatic carbocycles. The summed E-state index contributed by atoms with van der Waals surface area (Å²) in [5, 5.41) is 0. The Balaban J connectivity index is 2.95. The number of rotatable bonds is 17. The topological polar surface area (TPSA) is 17.1 Å². The second kappa shape index (κ2) is 18.2. The summed E-state index contributed by atoms with van der Waals surface area (Å²) in [6.45, 7) is 2.29. The molecular formula is C19H40OS. The summed E-state index contributed by atoms with van der Waals surface area (Å²) >= 11 is 0. The molecular weight excluding hydrogens is 276 g/mol. The molecule has 0 aliphatic rings. The first-order valence-corrected chi connectivity index (χ1v) is 11.3. The standard InChI is InChI=1S/C19H40OS/c1-3-4-5-6-7-8-9-10-11-12-13-14-15-16-17-18-19-21(2)20/h3-19H2,1-2H3/t21-/m1/s1. The fraction of sp³-hybridized carbons (Fsp3) is 1.00. The highest BCUT2D eigenvalue weighted by Crippen LogP contribution is 2.13. The highest BCUT2D eigenvalue weighted by Gasteiger charge is 1.95. The van der Waals surface area contributed by atoms with Crippen molar-refractivity contribution in [3.63, 3.8) is 0 Å². The molecule has 0 N–H and O–H groups in total. The number of hydrogen-bond donors (Lipinski definition) is 0. The van der Waals surface area contributed by atoms with Gasteiger partial charge in [0.1, 0.15) is 0 Å². The van der Waals surface area contributed by atoms with Crippen molar-refractivity contribution in [2.75, 3.05) is 12.0 Å². The molecule has 0 saturated heterocycles. The maximum atomic E-state index is 10.9. The zero-order valence-electron chi connectivity index (χ0n) is 14.8. The van der Waals surface area contributed by atoms with Crippen molar-refractivity contribution in [3.8, 4) is 0 Å². The van der Waals surface area contributed by atoms with Gasteiger partial charge in [-0.2, -0.15) is 0 Å². The van der Waals surface area contributed by atoms with Gasteiger partial charge in [0.05, 0.1) is 0 Å². The van der Waals surface area contributed by atoms with E-state index >= 15 is 0 Å². The highest BCUT2D eigenvalue weighted by atomic mass is 32.2. The number of hydrogen-bond acceptors (Lipinski definition) is 1. The van der Waals surface area contributed by atoms with E-state index in [2.05, 4.69) is 6.92 Å². The van der Waals surface area contributed by atoms with E-state index in [9.17, 15) is 4.21 Å². The second-order valence-electron chi connectivity index (χ2n) is 6.58. The molecule has 0 saturated carbocycles. The summed E-state index contributed by atoms with van der Waals surface area (Å²) in [6, 6.07) is 0. The average Bonchev–Trinajstić information content (AvgIpc) is 2.46. The summed E-state index contributed by atoms with van der Waals surface area (Å²) in [5.41, 5.74) is 0. The molecule has 0 unspecified atom stereocenters. The lowest BCUT2D eigenvalue weighted by atomic mass is 10.0. The van der Waals surface area contributed by atoms with Crippen LogP contribution in [0.15, 0.2) is 0 Å². The van der Waals surface area contributed by atoms with Crippen molar-refractivity contribution >= 4 is 10.8 Å². The molecule has 2 heteroatoms. The van der Waals surface area contributed by atoms with Gasteiger partial charge in [0.2, 0.25) is 0 Å². The van der Waals surface area contributed by atoms with Gasteiger partial charge in [-0.1, -0.05) is 103 Å². The van der Waals surface area contributed by atoms with Gasteiger partial charge in [0.15, 0.2) is 0 Å². The van der Waals surface area contributed by atoms with E-state index in [1.54, 1.807) is 0 Å². The maximum absolute atomic E-state index is 10.9. The van der Waals surface area contributed by atoms with Crippen LogP contribution >= 0.6 is 0 Å². The van der Waals surface area contributed by atoms with Gasteiger partial charge in [0.25, 0.3) is 0 Å². The zero-order valence-corrected chi connectivity index (χ0v) is 15.7. The second-order valence-corrected chi connectivity index (χ2v) is 8.14. The minimum absolute atomic E-state index is 0.583. The molecule has 0 aromatic heterocycles. The van der Waals surface area contributed by atoms with E-state index in [0.717, 1.165) is 12.2 Å². The van der Waals surface area contributed by atoms with Crippen molar-refractivity contribution in [1.29, 1.82) is 0 Å². The molecule has 0 fully saturated rings. The molecule has 0 spiro atoms. The first-order chi connectivity index (χ1) is 10.3. The summed E-state index contributed by atoms with van der Waals surface area (Å²) in [6.07, 6.45) is 24.2. The van der Waals surface area contributed by atoms with Crippen LogP contribution in [-0.2, 0) is 10.8 Å². The normalized spacial score (nSPS) is 12.7. The van der Waals surface area contributed by atoms with Crippen LogP contribution in [0.5, 0.6) is 0 Å². The van der Waals surface area contributed by atoms with Crippen LogP contribution in [0, 0.1) is 0 Å². The fourth-order valence-electron chi connectivity index (χ4n) is 2.85. The average molecular weight is 317 g/mol.